The number of benzene rings is 1. The van der Waals surface area contributed by atoms with Gasteiger partial charge >= 0.3 is 6.03 Å². The van der Waals surface area contributed by atoms with Crippen molar-refractivity contribution in [2.45, 2.75) is 44.0 Å². The van der Waals surface area contributed by atoms with Crippen LogP contribution in [0.3, 0.4) is 0 Å². The third kappa shape index (κ3) is 4.67. The first kappa shape index (κ1) is 17.6. The fourth-order valence-corrected chi connectivity index (χ4v) is 4.42. The zero-order chi connectivity index (χ0) is 16.8. The van der Waals surface area contributed by atoms with Gasteiger partial charge in [-0.25, -0.2) is 4.79 Å². The number of hydrogen-bond donors (Lipinski definition) is 1. The van der Waals surface area contributed by atoms with E-state index in [2.05, 4.69) is 41.4 Å². The SMILES string of the molecule is CC1CCCCN1C1CN(C(=O)NCCSCc2ccccc2)C1. The number of carbonyl (C=O) groups is 1. The van der Waals surface area contributed by atoms with Crippen LogP contribution in [-0.2, 0) is 5.75 Å². The number of likely N-dealkylation sites (tertiary alicyclic amines) is 2. The molecule has 1 unspecified atom stereocenters. The molecule has 0 radical (unpaired) electrons. The van der Waals surface area contributed by atoms with Gasteiger partial charge in [-0.2, -0.15) is 11.8 Å². The van der Waals surface area contributed by atoms with Crippen molar-refractivity contribution in [3.63, 3.8) is 0 Å². The van der Waals surface area contributed by atoms with Crippen LogP contribution in [0.1, 0.15) is 31.7 Å². The first-order valence-corrected chi connectivity index (χ1v) is 10.3. The van der Waals surface area contributed by atoms with Crippen LogP contribution in [0.4, 0.5) is 4.79 Å². The fourth-order valence-electron chi connectivity index (χ4n) is 3.60. The smallest absolute Gasteiger partial charge is 0.317 e. The number of rotatable bonds is 6. The van der Waals surface area contributed by atoms with Gasteiger partial charge < -0.3 is 10.2 Å². The Morgan fingerprint density at radius 3 is 2.79 bits per heavy atom. The third-order valence-corrected chi connectivity index (χ3v) is 6.14. The van der Waals surface area contributed by atoms with Crippen molar-refractivity contribution >= 4 is 17.8 Å². The van der Waals surface area contributed by atoms with Gasteiger partial charge in [0.15, 0.2) is 0 Å². The van der Waals surface area contributed by atoms with Gasteiger partial charge in [0.1, 0.15) is 0 Å². The van der Waals surface area contributed by atoms with Crippen LogP contribution < -0.4 is 5.32 Å². The number of thioether (sulfide) groups is 1. The number of piperidine rings is 1. The molecule has 5 heteroatoms. The molecule has 0 spiro atoms. The Hall–Kier alpha value is -1.20. The first-order valence-electron chi connectivity index (χ1n) is 9.14. The van der Waals surface area contributed by atoms with Crippen LogP contribution in [0, 0.1) is 0 Å². The number of nitrogens with zero attached hydrogens (tertiary/aromatic N) is 2. The molecule has 2 aliphatic rings. The van der Waals surface area contributed by atoms with Crippen molar-refractivity contribution in [3.05, 3.63) is 35.9 Å². The summed E-state index contributed by atoms with van der Waals surface area (Å²) in [5, 5.41) is 3.05. The standard InChI is InChI=1S/C19H29N3OS/c1-16-7-5-6-11-22(16)18-13-21(14-18)19(23)20-10-12-24-15-17-8-3-2-4-9-17/h2-4,8-9,16,18H,5-7,10-15H2,1H3,(H,20,23). The Bertz CT molecular complexity index is 519. The molecule has 0 bridgehead atoms. The van der Waals surface area contributed by atoms with Crippen molar-refractivity contribution in [1.29, 1.82) is 0 Å². The highest BCUT2D eigenvalue weighted by molar-refractivity contribution is 7.98. The van der Waals surface area contributed by atoms with Crippen molar-refractivity contribution in [3.8, 4) is 0 Å². The lowest BCUT2D eigenvalue weighted by molar-refractivity contribution is 0.0171. The van der Waals surface area contributed by atoms with E-state index in [1.807, 2.05) is 22.7 Å². The van der Waals surface area contributed by atoms with E-state index >= 15 is 0 Å². The van der Waals surface area contributed by atoms with Crippen molar-refractivity contribution in [1.82, 2.24) is 15.1 Å². The molecule has 132 valence electrons. The van der Waals surface area contributed by atoms with Gasteiger partial charge in [-0.05, 0) is 31.9 Å². The summed E-state index contributed by atoms with van der Waals surface area (Å²) in [6, 6.07) is 11.8. The summed E-state index contributed by atoms with van der Waals surface area (Å²) >= 11 is 1.87. The van der Waals surface area contributed by atoms with E-state index in [0.29, 0.717) is 12.1 Å². The maximum absolute atomic E-state index is 12.2. The van der Waals surface area contributed by atoms with E-state index in [0.717, 1.165) is 31.1 Å². The molecule has 1 atom stereocenters. The Morgan fingerprint density at radius 1 is 1.25 bits per heavy atom. The topological polar surface area (TPSA) is 35.6 Å². The maximum atomic E-state index is 12.2. The number of nitrogens with one attached hydrogen (secondary N) is 1. The molecular weight excluding hydrogens is 318 g/mol. The van der Waals surface area contributed by atoms with E-state index in [-0.39, 0.29) is 6.03 Å². The van der Waals surface area contributed by atoms with Crippen LogP contribution >= 0.6 is 11.8 Å². The molecule has 0 aromatic heterocycles. The molecule has 2 amide bonds. The summed E-state index contributed by atoms with van der Waals surface area (Å²) in [6.07, 6.45) is 3.97. The minimum absolute atomic E-state index is 0.108. The second-order valence-electron chi connectivity index (χ2n) is 6.91. The van der Waals surface area contributed by atoms with E-state index in [9.17, 15) is 4.79 Å². The van der Waals surface area contributed by atoms with Crippen molar-refractivity contribution in [2.75, 3.05) is 31.9 Å². The summed E-state index contributed by atoms with van der Waals surface area (Å²) < 4.78 is 0. The highest BCUT2D eigenvalue weighted by atomic mass is 32.2. The number of carbonyl (C=O) groups excluding carboxylic acids is 1. The van der Waals surface area contributed by atoms with Gasteiger partial charge in [-0.15, -0.1) is 0 Å². The van der Waals surface area contributed by atoms with Gasteiger partial charge in [-0.1, -0.05) is 36.8 Å². The largest absolute Gasteiger partial charge is 0.337 e. The summed E-state index contributed by atoms with van der Waals surface area (Å²) in [5.41, 5.74) is 1.34. The van der Waals surface area contributed by atoms with Gasteiger partial charge in [0.05, 0.1) is 0 Å². The van der Waals surface area contributed by atoms with E-state index in [1.165, 1.54) is 31.4 Å². The first-order chi connectivity index (χ1) is 11.7. The van der Waals surface area contributed by atoms with E-state index in [1.54, 1.807) is 0 Å². The highest BCUT2D eigenvalue weighted by Crippen LogP contribution is 2.24. The van der Waals surface area contributed by atoms with Crippen LogP contribution in [-0.4, -0.2) is 59.8 Å². The molecule has 4 nitrogen and oxygen atoms in total. The summed E-state index contributed by atoms with van der Waals surface area (Å²) in [6.45, 7) is 6.07. The monoisotopic (exact) mass is 347 g/mol. The Morgan fingerprint density at radius 2 is 2.04 bits per heavy atom. The zero-order valence-corrected chi connectivity index (χ0v) is 15.4. The van der Waals surface area contributed by atoms with Crippen molar-refractivity contribution in [2.24, 2.45) is 0 Å². The Labute approximate surface area is 150 Å². The molecule has 2 fully saturated rings. The fraction of sp³-hybridized carbons (Fsp3) is 0.632. The molecule has 0 aliphatic carbocycles. The number of amides is 2. The van der Waals surface area contributed by atoms with Crippen LogP contribution in [0.15, 0.2) is 30.3 Å². The summed E-state index contributed by atoms with van der Waals surface area (Å²) in [4.78, 5) is 16.7. The van der Waals surface area contributed by atoms with E-state index in [4.69, 9.17) is 0 Å². The van der Waals surface area contributed by atoms with Gasteiger partial charge in [0.2, 0.25) is 0 Å². The lowest BCUT2D eigenvalue weighted by atomic mass is 9.98. The molecule has 2 saturated heterocycles. The predicted molar refractivity (Wildman–Crippen MR) is 101 cm³/mol. The van der Waals surface area contributed by atoms with Crippen molar-refractivity contribution < 1.29 is 4.79 Å². The molecule has 1 N–H and O–H groups in total. The molecule has 3 rings (SSSR count). The Kier molecular flexibility index (Phi) is 6.44. The molecule has 1 aromatic carbocycles. The summed E-state index contributed by atoms with van der Waals surface area (Å²) in [7, 11) is 0. The molecule has 24 heavy (non-hydrogen) atoms. The predicted octanol–water partition coefficient (Wildman–Crippen LogP) is 3.19. The van der Waals surface area contributed by atoms with Gasteiger partial charge in [0, 0.05) is 43.2 Å². The minimum Gasteiger partial charge on any atom is -0.337 e. The molecule has 2 heterocycles. The average molecular weight is 348 g/mol. The minimum atomic E-state index is 0.108. The number of hydrogen-bond acceptors (Lipinski definition) is 3. The average Bonchev–Trinajstić information content (AvgIpc) is 2.56. The molecule has 2 aliphatic heterocycles. The van der Waals surface area contributed by atoms with E-state index < -0.39 is 0 Å². The van der Waals surface area contributed by atoms with Gasteiger partial charge in [0.25, 0.3) is 0 Å². The summed E-state index contributed by atoms with van der Waals surface area (Å²) in [5.74, 6) is 1.97. The lowest BCUT2D eigenvalue weighted by Crippen LogP contribution is -2.65. The van der Waals surface area contributed by atoms with Crippen LogP contribution in [0.2, 0.25) is 0 Å². The zero-order valence-electron chi connectivity index (χ0n) is 14.6. The maximum Gasteiger partial charge on any atom is 0.317 e. The molecular formula is C19H29N3OS. The molecule has 1 aromatic rings. The van der Waals surface area contributed by atoms with Crippen LogP contribution in [0.25, 0.3) is 0 Å². The highest BCUT2D eigenvalue weighted by Gasteiger charge is 2.37. The third-order valence-electron chi connectivity index (χ3n) is 5.11. The second-order valence-corrected chi connectivity index (χ2v) is 8.02. The number of urea groups is 1. The lowest BCUT2D eigenvalue weighted by Gasteiger charge is -2.49. The normalized spacial score (nSPS) is 22.2. The second kappa shape index (κ2) is 8.77. The van der Waals surface area contributed by atoms with Gasteiger partial charge in [-0.3, -0.25) is 4.90 Å². The quantitative estimate of drug-likeness (QED) is 0.803. The molecule has 0 saturated carbocycles. The van der Waals surface area contributed by atoms with Crippen LogP contribution in [0.5, 0.6) is 0 Å². The Balaban J connectivity index is 1.27.